The van der Waals surface area contributed by atoms with Gasteiger partial charge in [0.2, 0.25) is 0 Å². The molecule has 1 unspecified atom stereocenters. The van der Waals surface area contributed by atoms with Crippen LogP contribution in [0, 0.1) is 10.1 Å². The molecule has 7 nitrogen and oxygen atoms in total. The van der Waals surface area contributed by atoms with Crippen LogP contribution in [-0.2, 0) is 16.4 Å². The summed E-state index contributed by atoms with van der Waals surface area (Å²) < 4.78 is 28.3. The number of methoxy groups -OCH3 is 1. The van der Waals surface area contributed by atoms with Crippen LogP contribution in [-0.4, -0.2) is 38.0 Å². The Kier molecular flexibility index (Phi) is 4.79. The van der Waals surface area contributed by atoms with Gasteiger partial charge in [0, 0.05) is 30.3 Å². The van der Waals surface area contributed by atoms with Gasteiger partial charge in [-0.25, -0.2) is 8.42 Å². The fourth-order valence-corrected chi connectivity index (χ4v) is 4.13. The first-order valence-electron chi connectivity index (χ1n) is 6.66. The summed E-state index contributed by atoms with van der Waals surface area (Å²) in [4.78, 5) is 10.3. The van der Waals surface area contributed by atoms with Crippen molar-refractivity contribution in [3.8, 4) is 5.75 Å². The largest absolute Gasteiger partial charge is 0.496 e. The maximum absolute atomic E-state index is 11.6. The molecule has 0 saturated carbocycles. The number of ether oxygens (including phenoxy) is 1. The van der Waals surface area contributed by atoms with Crippen molar-refractivity contribution in [3.63, 3.8) is 0 Å². The summed E-state index contributed by atoms with van der Waals surface area (Å²) in [6.07, 6.45) is 1.43. The second-order valence-electron chi connectivity index (χ2n) is 5.09. The Morgan fingerprint density at radius 2 is 2.24 bits per heavy atom. The van der Waals surface area contributed by atoms with Crippen LogP contribution < -0.4 is 10.1 Å². The number of non-ortho nitro benzene ring substituents is 1. The Hall–Kier alpha value is -1.67. The van der Waals surface area contributed by atoms with E-state index in [-0.39, 0.29) is 23.2 Å². The maximum Gasteiger partial charge on any atom is 0.270 e. The van der Waals surface area contributed by atoms with Gasteiger partial charge in [-0.15, -0.1) is 0 Å². The van der Waals surface area contributed by atoms with Crippen molar-refractivity contribution < 1.29 is 18.1 Å². The maximum atomic E-state index is 11.6. The highest BCUT2D eigenvalue weighted by molar-refractivity contribution is 7.91. The number of hydrogen-bond acceptors (Lipinski definition) is 6. The van der Waals surface area contributed by atoms with Crippen molar-refractivity contribution in [2.45, 2.75) is 25.4 Å². The molecular formula is C13H18N2O5S. The van der Waals surface area contributed by atoms with E-state index in [1.807, 2.05) is 0 Å². The smallest absolute Gasteiger partial charge is 0.270 e. The van der Waals surface area contributed by atoms with Crippen molar-refractivity contribution >= 4 is 15.5 Å². The molecule has 1 fully saturated rings. The predicted molar refractivity (Wildman–Crippen MR) is 78.2 cm³/mol. The van der Waals surface area contributed by atoms with E-state index in [4.69, 9.17) is 4.74 Å². The number of nitro groups is 1. The molecular weight excluding hydrogens is 296 g/mol. The fraction of sp³-hybridized carbons (Fsp3) is 0.538. The number of nitrogens with zero attached hydrogens (tertiary/aromatic N) is 1. The summed E-state index contributed by atoms with van der Waals surface area (Å²) in [5.74, 6) is 0.905. The van der Waals surface area contributed by atoms with E-state index in [1.165, 1.54) is 19.2 Å². The number of sulfone groups is 1. The lowest BCUT2D eigenvalue weighted by molar-refractivity contribution is -0.384. The average Bonchev–Trinajstić information content (AvgIpc) is 2.43. The monoisotopic (exact) mass is 314 g/mol. The summed E-state index contributed by atoms with van der Waals surface area (Å²) in [5.41, 5.74) is 0.638. The summed E-state index contributed by atoms with van der Waals surface area (Å²) in [5, 5.41) is 14.0. The Labute approximate surface area is 123 Å². The molecule has 0 aromatic heterocycles. The van der Waals surface area contributed by atoms with Gasteiger partial charge < -0.3 is 10.1 Å². The van der Waals surface area contributed by atoms with Crippen molar-refractivity contribution in [2.75, 3.05) is 18.6 Å². The summed E-state index contributed by atoms with van der Waals surface area (Å²) in [6, 6.07) is 4.26. The Morgan fingerprint density at radius 3 is 2.86 bits per heavy atom. The first-order chi connectivity index (χ1) is 9.91. The van der Waals surface area contributed by atoms with E-state index in [1.54, 1.807) is 6.07 Å². The molecule has 8 heteroatoms. The fourth-order valence-electron chi connectivity index (χ4n) is 2.45. The third-order valence-electron chi connectivity index (χ3n) is 3.52. The number of nitro benzene ring substituents is 1. The molecule has 1 atom stereocenters. The highest BCUT2D eigenvalue weighted by Crippen LogP contribution is 2.24. The van der Waals surface area contributed by atoms with Crippen molar-refractivity contribution in [2.24, 2.45) is 0 Å². The molecule has 1 aromatic carbocycles. The van der Waals surface area contributed by atoms with Crippen LogP contribution in [0.4, 0.5) is 5.69 Å². The van der Waals surface area contributed by atoms with Gasteiger partial charge in [0.1, 0.15) is 5.75 Å². The minimum absolute atomic E-state index is 0.0103. The summed E-state index contributed by atoms with van der Waals surface area (Å²) >= 11 is 0. The van der Waals surface area contributed by atoms with E-state index in [9.17, 15) is 18.5 Å². The second kappa shape index (κ2) is 6.40. The predicted octanol–water partition coefficient (Wildman–Crippen LogP) is 1.27. The zero-order valence-electron chi connectivity index (χ0n) is 11.7. The summed E-state index contributed by atoms with van der Waals surface area (Å²) in [7, 11) is -1.48. The standard InChI is InChI=1S/C13H18N2O5S/c1-20-13-5-4-12(15(16)17)7-10(13)8-14-11-3-2-6-21(18,19)9-11/h4-5,7,11,14H,2-3,6,8-9H2,1H3. The molecule has 1 aliphatic heterocycles. The van der Waals surface area contributed by atoms with E-state index in [2.05, 4.69) is 5.32 Å². The van der Waals surface area contributed by atoms with E-state index < -0.39 is 14.8 Å². The molecule has 116 valence electrons. The van der Waals surface area contributed by atoms with Crippen LogP contribution in [0.3, 0.4) is 0 Å². The molecule has 0 radical (unpaired) electrons. The lowest BCUT2D eigenvalue weighted by atomic mass is 10.1. The minimum atomic E-state index is -2.98. The van der Waals surface area contributed by atoms with Gasteiger partial charge in [0.25, 0.3) is 5.69 Å². The SMILES string of the molecule is COc1ccc([N+](=O)[O-])cc1CNC1CCCS(=O)(=O)C1. The van der Waals surface area contributed by atoms with Crippen LogP contribution >= 0.6 is 0 Å². The molecule has 1 N–H and O–H groups in total. The third-order valence-corrected chi connectivity index (χ3v) is 5.34. The van der Waals surface area contributed by atoms with Crippen LogP contribution in [0.2, 0.25) is 0 Å². The lowest BCUT2D eigenvalue weighted by Gasteiger charge is -2.23. The topological polar surface area (TPSA) is 98.5 Å². The molecule has 1 aromatic rings. The second-order valence-corrected chi connectivity index (χ2v) is 7.32. The molecule has 0 aliphatic carbocycles. The first kappa shape index (κ1) is 15.7. The summed E-state index contributed by atoms with van der Waals surface area (Å²) in [6.45, 7) is 0.338. The van der Waals surface area contributed by atoms with E-state index in [0.717, 1.165) is 6.42 Å². The molecule has 0 amide bonds. The van der Waals surface area contributed by atoms with Gasteiger partial charge in [0.15, 0.2) is 9.84 Å². The van der Waals surface area contributed by atoms with Crippen LogP contribution in [0.1, 0.15) is 18.4 Å². The Balaban J connectivity index is 2.08. The van der Waals surface area contributed by atoms with Gasteiger partial charge in [0.05, 0.1) is 23.5 Å². The third kappa shape index (κ3) is 4.15. The normalized spacial score (nSPS) is 20.9. The molecule has 21 heavy (non-hydrogen) atoms. The average molecular weight is 314 g/mol. The highest BCUT2D eigenvalue weighted by Gasteiger charge is 2.24. The van der Waals surface area contributed by atoms with E-state index >= 15 is 0 Å². The van der Waals surface area contributed by atoms with E-state index in [0.29, 0.717) is 24.3 Å². The molecule has 2 rings (SSSR count). The van der Waals surface area contributed by atoms with Crippen molar-refractivity contribution in [1.82, 2.24) is 5.32 Å². The zero-order valence-corrected chi connectivity index (χ0v) is 12.6. The molecule has 1 aliphatic rings. The van der Waals surface area contributed by atoms with Gasteiger partial charge in [-0.1, -0.05) is 0 Å². The molecule has 0 spiro atoms. The number of rotatable bonds is 5. The lowest BCUT2D eigenvalue weighted by Crippen LogP contribution is -2.39. The Morgan fingerprint density at radius 1 is 1.48 bits per heavy atom. The number of nitrogens with one attached hydrogen (secondary N) is 1. The minimum Gasteiger partial charge on any atom is -0.496 e. The van der Waals surface area contributed by atoms with Gasteiger partial charge in [-0.05, 0) is 18.9 Å². The molecule has 1 saturated heterocycles. The van der Waals surface area contributed by atoms with Crippen molar-refractivity contribution in [1.29, 1.82) is 0 Å². The zero-order chi connectivity index (χ0) is 15.5. The van der Waals surface area contributed by atoms with Crippen LogP contribution in [0.25, 0.3) is 0 Å². The van der Waals surface area contributed by atoms with Gasteiger partial charge in [-0.3, -0.25) is 10.1 Å². The first-order valence-corrected chi connectivity index (χ1v) is 8.48. The quantitative estimate of drug-likeness (QED) is 0.649. The molecule has 1 heterocycles. The van der Waals surface area contributed by atoms with Crippen molar-refractivity contribution in [3.05, 3.63) is 33.9 Å². The van der Waals surface area contributed by atoms with Gasteiger partial charge >= 0.3 is 0 Å². The number of hydrogen-bond donors (Lipinski definition) is 1. The van der Waals surface area contributed by atoms with Gasteiger partial charge in [-0.2, -0.15) is 0 Å². The van der Waals surface area contributed by atoms with Crippen LogP contribution in [0.5, 0.6) is 5.75 Å². The van der Waals surface area contributed by atoms with Crippen LogP contribution in [0.15, 0.2) is 18.2 Å². The molecule has 0 bridgehead atoms. The number of benzene rings is 1. The highest BCUT2D eigenvalue weighted by atomic mass is 32.2. The Bertz CT molecular complexity index is 629.